The molecule has 0 saturated carbocycles. The number of aryl methyl sites for hydroxylation is 1. The van der Waals surface area contributed by atoms with Crippen LogP contribution in [0.1, 0.15) is 82.6 Å². The van der Waals surface area contributed by atoms with Gasteiger partial charge in [0, 0.05) is 41.0 Å². The standard InChI is InChI=1S/C46H47N5O/c1-29(2)38-23-31(5)24-39(30(3)4)44(38)50-28-49(41-17-12-21-48-45(41)50)33-13-11-14-34(26-33)52-35-18-19-37-36-15-9-10-16-40(36)51(42(37)27-35)43-25-32(20-22-47-43)46(6,7)8/h9-27,29-30H,28H2,1-8H3. The Hall–Kier alpha value is -5.62. The van der Waals surface area contributed by atoms with Crippen molar-refractivity contribution < 1.29 is 4.74 Å². The summed E-state index contributed by atoms with van der Waals surface area (Å²) >= 11 is 0. The van der Waals surface area contributed by atoms with Crippen LogP contribution in [0.2, 0.25) is 0 Å². The maximum atomic E-state index is 6.68. The predicted octanol–water partition coefficient (Wildman–Crippen LogP) is 12.5. The second kappa shape index (κ2) is 12.9. The van der Waals surface area contributed by atoms with E-state index in [2.05, 4.69) is 161 Å². The van der Waals surface area contributed by atoms with Gasteiger partial charge in [0.25, 0.3) is 0 Å². The van der Waals surface area contributed by atoms with Gasteiger partial charge in [0.15, 0.2) is 5.82 Å². The van der Waals surface area contributed by atoms with E-state index in [1.807, 2.05) is 24.5 Å². The highest BCUT2D eigenvalue weighted by atomic mass is 16.5. The highest BCUT2D eigenvalue weighted by molar-refractivity contribution is 6.09. The van der Waals surface area contributed by atoms with Gasteiger partial charge in [-0.2, -0.15) is 0 Å². The Morgan fingerprint density at radius 2 is 1.38 bits per heavy atom. The fraction of sp³-hybridized carbons (Fsp3) is 0.261. The fourth-order valence-electron chi connectivity index (χ4n) is 7.64. The van der Waals surface area contributed by atoms with Crippen molar-refractivity contribution in [2.24, 2.45) is 0 Å². The Bertz CT molecular complexity index is 2420. The quantitative estimate of drug-likeness (QED) is 0.167. The average molecular weight is 686 g/mol. The third-order valence-corrected chi connectivity index (χ3v) is 10.3. The van der Waals surface area contributed by atoms with Gasteiger partial charge in [-0.05, 0) is 95.5 Å². The van der Waals surface area contributed by atoms with Crippen LogP contribution in [0.15, 0.2) is 116 Å². The fourth-order valence-corrected chi connectivity index (χ4v) is 7.64. The van der Waals surface area contributed by atoms with Crippen LogP contribution in [-0.4, -0.2) is 21.2 Å². The van der Waals surface area contributed by atoms with Crippen molar-refractivity contribution in [1.29, 1.82) is 0 Å². The molecule has 262 valence electrons. The number of para-hydroxylation sites is 1. The molecular weight excluding hydrogens is 639 g/mol. The summed E-state index contributed by atoms with van der Waals surface area (Å²) in [5.41, 5.74) is 10.8. The number of rotatable bonds is 7. The maximum absolute atomic E-state index is 6.68. The summed E-state index contributed by atoms with van der Waals surface area (Å²) in [6.07, 6.45) is 3.82. The third kappa shape index (κ3) is 5.86. The topological polar surface area (TPSA) is 46.4 Å². The minimum absolute atomic E-state index is 0.00620. The molecule has 0 radical (unpaired) electrons. The number of aromatic nitrogens is 3. The van der Waals surface area contributed by atoms with E-state index < -0.39 is 0 Å². The number of anilines is 4. The Morgan fingerprint density at radius 3 is 2.13 bits per heavy atom. The summed E-state index contributed by atoms with van der Waals surface area (Å²) in [6, 6.07) is 36.5. The first-order chi connectivity index (χ1) is 25.0. The van der Waals surface area contributed by atoms with Crippen molar-refractivity contribution >= 4 is 44.7 Å². The molecule has 0 spiro atoms. The predicted molar refractivity (Wildman–Crippen MR) is 217 cm³/mol. The van der Waals surface area contributed by atoms with Gasteiger partial charge >= 0.3 is 0 Å². The molecule has 0 aliphatic carbocycles. The summed E-state index contributed by atoms with van der Waals surface area (Å²) in [5, 5.41) is 2.35. The van der Waals surface area contributed by atoms with Crippen molar-refractivity contribution in [3.63, 3.8) is 0 Å². The largest absolute Gasteiger partial charge is 0.457 e. The number of ether oxygens (including phenoxy) is 1. The average Bonchev–Trinajstić information content (AvgIpc) is 3.67. The molecule has 4 heterocycles. The van der Waals surface area contributed by atoms with Gasteiger partial charge in [0.2, 0.25) is 0 Å². The van der Waals surface area contributed by atoms with E-state index in [-0.39, 0.29) is 5.41 Å². The van der Waals surface area contributed by atoms with Crippen LogP contribution in [0.25, 0.3) is 27.6 Å². The number of pyridine rings is 2. The monoisotopic (exact) mass is 685 g/mol. The van der Waals surface area contributed by atoms with Crippen molar-refractivity contribution in [1.82, 2.24) is 14.5 Å². The second-order valence-electron chi connectivity index (χ2n) is 15.7. The molecule has 8 rings (SSSR count). The van der Waals surface area contributed by atoms with Gasteiger partial charge < -0.3 is 14.5 Å². The van der Waals surface area contributed by atoms with E-state index in [4.69, 9.17) is 14.7 Å². The lowest BCUT2D eigenvalue weighted by molar-refractivity contribution is 0.483. The Morgan fingerprint density at radius 1 is 0.654 bits per heavy atom. The molecule has 4 aromatic carbocycles. The minimum Gasteiger partial charge on any atom is -0.457 e. The smallest absolute Gasteiger partial charge is 0.158 e. The zero-order valence-electron chi connectivity index (χ0n) is 31.5. The van der Waals surface area contributed by atoms with E-state index in [9.17, 15) is 0 Å². The minimum atomic E-state index is 0.00620. The van der Waals surface area contributed by atoms with E-state index >= 15 is 0 Å². The molecule has 6 heteroatoms. The summed E-state index contributed by atoms with van der Waals surface area (Å²) in [5.74, 6) is 4.17. The van der Waals surface area contributed by atoms with Crippen LogP contribution in [-0.2, 0) is 5.41 Å². The van der Waals surface area contributed by atoms with Gasteiger partial charge in [-0.1, -0.05) is 90.4 Å². The number of fused-ring (bicyclic) bond motifs is 4. The number of benzene rings is 4. The molecule has 3 aromatic heterocycles. The zero-order valence-corrected chi connectivity index (χ0v) is 31.5. The van der Waals surface area contributed by atoms with Crippen LogP contribution in [0, 0.1) is 6.92 Å². The SMILES string of the molecule is Cc1cc(C(C)C)c(N2CN(c3cccc(Oc4ccc5c6ccccc6n(-c6cc(C(C)(C)C)ccn6)c5c4)c3)c3cccnc32)c(C(C)C)c1. The molecule has 0 atom stereocenters. The molecule has 0 amide bonds. The van der Waals surface area contributed by atoms with Crippen LogP contribution in [0.4, 0.5) is 22.9 Å². The van der Waals surface area contributed by atoms with E-state index in [0.29, 0.717) is 18.5 Å². The third-order valence-electron chi connectivity index (χ3n) is 10.3. The van der Waals surface area contributed by atoms with Gasteiger partial charge in [-0.15, -0.1) is 0 Å². The lowest BCUT2D eigenvalue weighted by atomic mass is 9.88. The summed E-state index contributed by atoms with van der Waals surface area (Å²) < 4.78 is 8.93. The van der Waals surface area contributed by atoms with E-state index in [1.54, 1.807) is 0 Å². The highest BCUT2D eigenvalue weighted by Crippen LogP contribution is 2.48. The lowest BCUT2D eigenvalue weighted by Gasteiger charge is -2.29. The van der Waals surface area contributed by atoms with Crippen molar-refractivity contribution in [2.45, 2.75) is 72.6 Å². The zero-order chi connectivity index (χ0) is 36.3. The number of hydrogen-bond acceptors (Lipinski definition) is 5. The molecule has 0 N–H and O–H groups in total. The normalized spacial score (nSPS) is 13.2. The first-order valence-electron chi connectivity index (χ1n) is 18.4. The molecule has 1 aliphatic rings. The maximum Gasteiger partial charge on any atom is 0.158 e. The highest BCUT2D eigenvalue weighted by Gasteiger charge is 2.33. The van der Waals surface area contributed by atoms with Crippen LogP contribution >= 0.6 is 0 Å². The van der Waals surface area contributed by atoms with Gasteiger partial charge in [0.05, 0.1) is 22.4 Å². The van der Waals surface area contributed by atoms with Crippen molar-refractivity contribution in [3.8, 4) is 17.3 Å². The Labute approximate surface area is 307 Å². The number of hydrogen-bond donors (Lipinski definition) is 0. The van der Waals surface area contributed by atoms with Crippen LogP contribution in [0.3, 0.4) is 0 Å². The molecule has 52 heavy (non-hydrogen) atoms. The van der Waals surface area contributed by atoms with Gasteiger partial charge in [-0.3, -0.25) is 4.57 Å². The van der Waals surface area contributed by atoms with Gasteiger partial charge in [-0.25, -0.2) is 9.97 Å². The summed E-state index contributed by atoms with van der Waals surface area (Å²) in [7, 11) is 0. The van der Waals surface area contributed by atoms with E-state index in [1.165, 1.54) is 38.7 Å². The molecular formula is C46H47N5O. The van der Waals surface area contributed by atoms with Crippen molar-refractivity contribution in [2.75, 3.05) is 16.5 Å². The molecule has 1 aliphatic heterocycles. The first-order valence-corrected chi connectivity index (χ1v) is 18.4. The van der Waals surface area contributed by atoms with Crippen molar-refractivity contribution in [3.05, 3.63) is 138 Å². The number of nitrogens with zero attached hydrogens (tertiary/aromatic N) is 5. The lowest BCUT2D eigenvalue weighted by Crippen LogP contribution is -2.26. The Kier molecular flexibility index (Phi) is 8.29. The summed E-state index contributed by atoms with van der Waals surface area (Å²) in [4.78, 5) is 14.6. The molecule has 0 saturated heterocycles. The van der Waals surface area contributed by atoms with Crippen LogP contribution < -0.4 is 14.5 Å². The van der Waals surface area contributed by atoms with Gasteiger partial charge in [0.1, 0.15) is 24.0 Å². The van der Waals surface area contributed by atoms with E-state index in [0.717, 1.165) is 45.5 Å². The molecule has 0 unspecified atom stereocenters. The molecule has 0 bridgehead atoms. The molecule has 7 aromatic rings. The summed E-state index contributed by atoms with van der Waals surface area (Å²) in [6.45, 7) is 18.7. The Balaban J connectivity index is 1.17. The molecule has 6 nitrogen and oxygen atoms in total. The second-order valence-corrected chi connectivity index (χ2v) is 15.7. The molecule has 0 fully saturated rings. The first kappa shape index (κ1) is 33.5. The van der Waals surface area contributed by atoms with Crippen LogP contribution in [0.5, 0.6) is 11.5 Å².